The fourth-order valence-corrected chi connectivity index (χ4v) is 3.23. The largest absolute Gasteiger partial charge is 0.385 e. The smallest absolute Gasteiger partial charge is 0.0462 e. The van der Waals surface area contributed by atoms with E-state index in [4.69, 9.17) is 4.74 Å². The number of methoxy groups -OCH3 is 1. The minimum absolute atomic E-state index is 0.783. The highest BCUT2D eigenvalue weighted by atomic mass is 16.5. The molecular weight excluding hydrogens is 210 g/mol. The maximum absolute atomic E-state index is 5.13. The number of unbranched alkanes of at least 4 members (excludes halogenated alkanes) is 1. The summed E-state index contributed by atoms with van der Waals surface area (Å²) in [5.74, 6) is 1.89. The van der Waals surface area contributed by atoms with Crippen molar-refractivity contribution in [3.63, 3.8) is 0 Å². The van der Waals surface area contributed by atoms with Crippen LogP contribution in [0.25, 0.3) is 0 Å². The van der Waals surface area contributed by atoms with Gasteiger partial charge in [0.05, 0.1) is 0 Å². The van der Waals surface area contributed by atoms with Crippen molar-refractivity contribution in [1.82, 2.24) is 5.32 Å². The molecule has 0 aromatic carbocycles. The van der Waals surface area contributed by atoms with E-state index in [2.05, 4.69) is 19.2 Å². The zero-order valence-corrected chi connectivity index (χ0v) is 12.0. The highest BCUT2D eigenvalue weighted by molar-refractivity contribution is 4.84. The Morgan fingerprint density at radius 3 is 2.65 bits per heavy atom. The summed E-state index contributed by atoms with van der Waals surface area (Å²) in [6, 6.07) is 0.783. The Morgan fingerprint density at radius 1 is 1.18 bits per heavy atom. The Kier molecular flexibility index (Phi) is 7.87. The maximum Gasteiger partial charge on any atom is 0.0462 e. The van der Waals surface area contributed by atoms with Crippen molar-refractivity contribution in [2.75, 3.05) is 20.3 Å². The first-order valence-corrected chi connectivity index (χ1v) is 7.54. The quantitative estimate of drug-likeness (QED) is 0.656. The van der Waals surface area contributed by atoms with E-state index in [9.17, 15) is 0 Å². The molecule has 0 saturated heterocycles. The molecule has 1 rings (SSSR count). The molecule has 17 heavy (non-hydrogen) atoms. The van der Waals surface area contributed by atoms with E-state index in [0.29, 0.717) is 0 Å². The van der Waals surface area contributed by atoms with Gasteiger partial charge in [-0.1, -0.05) is 26.7 Å². The second kappa shape index (κ2) is 8.93. The molecule has 0 aliphatic heterocycles. The maximum atomic E-state index is 5.13. The minimum atomic E-state index is 0.783. The topological polar surface area (TPSA) is 21.3 Å². The van der Waals surface area contributed by atoms with E-state index in [-0.39, 0.29) is 0 Å². The molecular formula is C15H31NO. The van der Waals surface area contributed by atoms with E-state index in [1.54, 1.807) is 7.11 Å². The van der Waals surface area contributed by atoms with Crippen molar-refractivity contribution in [2.24, 2.45) is 11.8 Å². The molecule has 1 saturated carbocycles. The molecule has 3 unspecified atom stereocenters. The first kappa shape index (κ1) is 15.0. The van der Waals surface area contributed by atoms with Crippen LogP contribution in [-0.2, 0) is 4.74 Å². The number of ether oxygens (including phenoxy) is 1. The molecule has 0 aromatic heterocycles. The van der Waals surface area contributed by atoms with Crippen LogP contribution in [0.15, 0.2) is 0 Å². The van der Waals surface area contributed by atoms with E-state index in [1.165, 1.54) is 44.9 Å². The third-order valence-corrected chi connectivity index (χ3v) is 4.31. The van der Waals surface area contributed by atoms with Crippen molar-refractivity contribution in [3.05, 3.63) is 0 Å². The van der Waals surface area contributed by atoms with Crippen LogP contribution in [0, 0.1) is 11.8 Å². The van der Waals surface area contributed by atoms with Crippen LogP contribution < -0.4 is 5.32 Å². The lowest BCUT2D eigenvalue weighted by Gasteiger charge is -2.36. The number of hydrogen-bond acceptors (Lipinski definition) is 2. The standard InChI is InChI=1S/C15H31NO/c1-4-13-9-10-15(16-5-2)14(12-13)8-6-7-11-17-3/h13-16H,4-12H2,1-3H3. The summed E-state index contributed by atoms with van der Waals surface area (Å²) in [6.45, 7) is 6.62. The first-order valence-electron chi connectivity index (χ1n) is 7.54. The lowest BCUT2D eigenvalue weighted by Crippen LogP contribution is -2.40. The average molecular weight is 241 g/mol. The van der Waals surface area contributed by atoms with Crippen molar-refractivity contribution >= 4 is 0 Å². The van der Waals surface area contributed by atoms with Crippen molar-refractivity contribution in [3.8, 4) is 0 Å². The SMILES string of the molecule is CCNC1CCC(CC)CC1CCCCOC. The first-order chi connectivity index (χ1) is 8.31. The van der Waals surface area contributed by atoms with Crippen LogP contribution in [0.1, 0.15) is 58.8 Å². The zero-order chi connectivity index (χ0) is 12.5. The van der Waals surface area contributed by atoms with E-state index < -0.39 is 0 Å². The Hall–Kier alpha value is -0.0800. The van der Waals surface area contributed by atoms with E-state index >= 15 is 0 Å². The van der Waals surface area contributed by atoms with Crippen LogP contribution in [0.5, 0.6) is 0 Å². The van der Waals surface area contributed by atoms with Gasteiger partial charge in [0.15, 0.2) is 0 Å². The van der Waals surface area contributed by atoms with Crippen LogP contribution in [-0.4, -0.2) is 26.3 Å². The summed E-state index contributed by atoms with van der Waals surface area (Å²) in [5, 5.41) is 3.69. The van der Waals surface area contributed by atoms with Gasteiger partial charge in [-0.3, -0.25) is 0 Å². The lowest BCUT2D eigenvalue weighted by molar-refractivity contribution is 0.169. The molecule has 1 fully saturated rings. The number of hydrogen-bond donors (Lipinski definition) is 1. The molecule has 1 aliphatic carbocycles. The van der Waals surface area contributed by atoms with Gasteiger partial charge < -0.3 is 10.1 Å². The Morgan fingerprint density at radius 2 is 2.00 bits per heavy atom. The van der Waals surface area contributed by atoms with Crippen LogP contribution in [0.4, 0.5) is 0 Å². The van der Waals surface area contributed by atoms with Crippen molar-refractivity contribution in [2.45, 2.75) is 64.8 Å². The Bertz CT molecular complexity index is 184. The molecule has 3 atom stereocenters. The van der Waals surface area contributed by atoms with Crippen molar-refractivity contribution in [1.29, 1.82) is 0 Å². The summed E-state index contributed by atoms with van der Waals surface area (Å²) in [5.41, 5.74) is 0. The van der Waals surface area contributed by atoms with Gasteiger partial charge in [-0.05, 0) is 50.5 Å². The Balaban J connectivity index is 2.32. The average Bonchev–Trinajstić information content (AvgIpc) is 2.36. The second-order valence-electron chi connectivity index (χ2n) is 5.50. The van der Waals surface area contributed by atoms with Gasteiger partial charge in [-0.2, -0.15) is 0 Å². The predicted molar refractivity (Wildman–Crippen MR) is 74.3 cm³/mol. The van der Waals surface area contributed by atoms with Crippen molar-refractivity contribution < 1.29 is 4.74 Å². The fraction of sp³-hybridized carbons (Fsp3) is 1.00. The molecule has 0 radical (unpaired) electrons. The summed E-state index contributed by atoms with van der Waals surface area (Å²) in [7, 11) is 1.80. The highest BCUT2D eigenvalue weighted by Crippen LogP contribution is 2.34. The van der Waals surface area contributed by atoms with Crippen LogP contribution in [0.2, 0.25) is 0 Å². The summed E-state index contributed by atoms with van der Waals surface area (Å²) >= 11 is 0. The third kappa shape index (κ3) is 5.39. The highest BCUT2D eigenvalue weighted by Gasteiger charge is 2.28. The molecule has 2 nitrogen and oxygen atoms in total. The van der Waals surface area contributed by atoms with Gasteiger partial charge >= 0.3 is 0 Å². The molecule has 2 heteroatoms. The number of nitrogens with one attached hydrogen (secondary N) is 1. The molecule has 0 spiro atoms. The van der Waals surface area contributed by atoms with E-state index in [1.807, 2.05) is 0 Å². The third-order valence-electron chi connectivity index (χ3n) is 4.31. The van der Waals surface area contributed by atoms with Gasteiger partial charge in [0, 0.05) is 19.8 Å². The molecule has 0 heterocycles. The van der Waals surface area contributed by atoms with Gasteiger partial charge in [0.25, 0.3) is 0 Å². The minimum Gasteiger partial charge on any atom is -0.385 e. The van der Waals surface area contributed by atoms with Crippen LogP contribution >= 0.6 is 0 Å². The summed E-state index contributed by atoms with van der Waals surface area (Å²) in [6.07, 6.45) is 9.58. The number of rotatable bonds is 8. The molecule has 102 valence electrons. The second-order valence-corrected chi connectivity index (χ2v) is 5.50. The fourth-order valence-electron chi connectivity index (χ4n) is 3.23. The van der Waals surface area contributed by atoms with Gasteiger partial charge in [0.1, 0.15) is 0 Å². The molecule has 1 aliphatic rings. The summed E-state index contributed by atoms with van der Waals surface area (Å²) in [4.78, 5) is 0. The Labute approximate surface area is 108 Å². The van der Waals surface area contributed by atoms with Gasteiger partial charge in [0.2, 0.25) is 0 Å². The zero-order valence-electron chi connectivity index (χ0n) is 12.0. The summed E-state index contributed by atoms with van der Waals surface area (Å²) < 4.78 is 5.13. The predicted octanol–water partition coefficient (Wildman–Crippen LogP) is 3.61. The molecule has 1 N–H and O–H groups in total. The van der Waals surface area contributed by atoms with Gasteiger partial charge in [-0.25, -0.2) is 0 Å². The normalized spacial score (nSPS) is 29.5. The molecule has 0 aromatic rings. The lowest BCUT2D eigenvalue weighted by atomic mass is 9.75. The van der Waals surface area contributed by atoms with Gasteiger partial charge in [-0.15, -0.1) is 0 Å². The molecule has 0 bridgehead atoms. The monoisotopic (exact) mass is 241 g/mol. The van der Waals surface area contributed by atoms with E-state index in [0.717, 1.165) is 31.0 Å². The van der Waals surface area contributed by atoms with Crippen LogP contribution in [0.3, 0.4) is 0 Å². The molecule has 0 amide bonds.